The highest BCUT2D eigenvalue weighted by Crippen LogP contribution is 2.16. The average Bonchev–Trinajstić information content (AvgIpc) is 2.94. The lowest BCUT2D eigenvalue weighted by atomic mass is 10.2. The standard InChI is InChI=1S/C9H14N2O2S2/c1-8-3-7-14-9(8)2-4-10-15(12,13)11-5-6-11/h3,7,10H,2,4-6H2,1H3. The largest absolute Gasteiger partial charge is 0.279 e. The molecule has 15 heavy (non-hydrogen) atoms. The Morgan fingerprint density at radius 2 is 2.27 bits per heavy atom. The second-order valence-corrected chi connectivity index (χ2v) is 6.33. The Kier molecular flexibility index (Phi) is 3.11. The Morgan fingerprint density at radius 3 is 2.80 bits per heavy atom. The molecule has 0 radical (unpaired) electrons. The number of nitrogens with one attached hydrogen (secondary N) is 1. The van der Waals surface area contributed by atoms with Gasteiger partial charge in [-0.05, 0) is 30.4 Å². The molecular formula is C9H14N2O2S2. The zero-order valence-corrected chi connectivity index (χ0v) is 10.2. The Balaban J connectivity index is 1.82. The Labute approximate surface area is 94.1 Å². The molecule has 1 aliphatic heterocycles. The van der Waals surface area contributed by atoms with Crippen LogP contribution >= 0.6 is 11.3 Å². The highest BCUT2D eigenvalue weighted by molar-refractivity contribution is 7.87. The third-order valence-electron chi connectivity index (χ3n) is 2.35. The highest BCUT2D eigenvalue weighted by atomic mass is 32.2. The lowest BCUT2D eigenvalue weighted by molar-refractivity contribution is 0.547. The van der Waals surface area contributed by atoms with Gasteiger partial charge in [0.25, 0.3) is 10.2 Å². The van der Waals surface area contributed by atoms with Crippen molar-refractivity contribution in [3.05, 3.63) is 21.9 Å². The van der Waals surface area contributed by atoms with E-state index in [2.05, 4.69) is 10.8 Å². The summed E-state index contributed by atoms with van der Waals surface area (Å²) < 4.78 is 26.9. The summed E-state index contributed by atoms with van der Waals surface area (Å²) in [5.74, 6) is 0. The molecule has 0 saturated carbocycles. The van der Waals surface area contributed by atoms with Gasteiger partial charge in [0.05, 0.1) is 0 Å². The van der Waals surface area contributed by atoms with Gasteiger partial charge in [0, 0.05) is 24.5 Å². The van der Waals surface area contributed by atoms with Gasteiger partial charge in [0.1, 0.15) is 0 Å². The topological polar surface area (TPSA) is 49.2 Å². The van der Waals surface area contributed by atoms with E-state index in [0.717, 1.165) is 6.42 Å². The van der Waals surface area contributed by atoms with Crippen molar-refractivity contribution in [2.45, 2.75) is 13.3 Å². The summed E-state index contributed by atoms with van der Waals surface area (Å²) >= 11 is 1.68. The van der Waals surface area contributed by atoms with Crippen LogP contribution in [0.4, 0.5) is 0 Å². The minimum atomic E-state index is -3.17. The molecule has 1 aromatic heterocycles. The van der Waals surface area contributed by atoms with E-state index in [1.807, 2.05) is 12.3 Å². The Morgan fingerprint density at radius 1 is 1.53 bits per heavy atom. The molecule has 4 nitrogen and oxygen atoms in total. The van der Waals surface area contributed by atoms with Gasteiger partial charge in [0.15, 0.2) is 0 Å². The lowest BCUT2D eigenvalue weighted by Crippen LogP contribution is -2.31. The predicted octanol–water partition coefficient (Wildman–Crippen LogP) is 0.749. The molecule has 0 atom stereocenters. The smallest absolute Gasteiger partial charge is 0.202 e. The van der Waals surface area contributed by atoms with Crippen LogP contribution in [0.15, 0.2) is 11.4 Å². The van der Waals surface area contributed by atoms with Gasteiger partial charge in [-0.1, -0.05) is 0 Å². The predicted molar refractivity (Wildman–Crippen MR) is 61.3 cm³/mol. The summed E-state index contributed by atoms with van der Waals surface area (Å²) in [7, 11) is -3.17. The van der Waals surface area contributed by atoms with Crippen molar-refractivity contribution in [2.75, 3.05) is 19.6 Å². The van der Waals surface area contributed by atoms with Crippen LogP contribution in [-0.2, 0) is 16.6 Å². The molecule has 0 aliphatic carbocycles. The first-order valence-electron chi connectivity index (χ1n) is 4.87. The van der Waals surface area contributed by atoms with Crippen molar-refractivity contribution in [3.8, 4) is 0 Å². The molecule has 0 unspecified atom stereocenters. The van der Waals surface area contributed by atoms with Crippen molar-refractivity contribution in [1.82, 2.24) is 9.03 Å². The molecule has 84 valence electrons. The first-order chi connectivity index (χ1) is 7.09. The molecule has 1 aromatic rings. The van der Waals surface area contributed by atoms with Gasteiger partial charge in [-0.15, -0.1) is 11.3 Å². The van der Waals surface area contributed by atoms with Gasteiger partial charge >= 0.3 is 0 Å². The molecule has 1 saturated heterocycles. The fourth-order valence-electron chi connectivity index (χ4n) is 1.33. The van der Waals surface area contributed by atoms with Crippen LogP contribution in [0.5, 0.6) is 0 Å². The van der Waals surface area contributed by atoms with E-state index < -0.39 is 10.2 Å². The van der Waals surface area contributed by atoms with E-state index >= 15 is 0 Å². The highest BCUT2D eigenvalue weighted by Gasteiger charge is 2.30. The van der Waals surface area contributed by atoms with Crippen LogP contribution in [-0.4, -0.2) is 32.4 Å². The van der Waals surface area contributed by atoms with Crippen molar-refractivity contribution < 1.29 is 8.42 Å². The summed E-state index contributed by atoms with van der Waals surface area (Å²) in [5, 5.41) is 2.03. The number of aryl methyl sites for hydroxylation is 1. The first kappa shape index (κ1) is 11.1. The second-order valence-electron chi connectivity index (χ2n) is 3.58. The lowest BCUT2D eigenvalue weighted by Gasteiger charge is -2.05. The fraction of sp³-hybridized carbons (Fsp3) is 0.556. The van der Waals surface area contributed by atoms with Crippen LogP contribution in [0, 0.1) is 6.92 Å². The number of thiophene rings is 1. The third kappa shape index (κ3) is 2.78. The zero-order valence-electron chi connectivity index (χ0n) is 8.56. The summed E-state index contributed by atoms with van der Waals surface area (Å²) in [5.41, 5.74) is 1.24. The maximum Gasteiger partial charge on any atom is 0.279 e. The summed E-state index contributed by atoms with van der Waals surface area (Å²) in [4.78, 5) is 1.25. The summed E-state index contributed by atoms with van der Waals surface area (Å²) in [6.45, 7) is 3.85. The number of hydrogen-bond acceptors (Lipinski definition) is 3. The molecule has 6 heteroatoms. The van der Waals surface area contributed by atoms with E-state index in [-0.39, 0.29) is 0 Å². The monoisotopic (exact) mass is 246 g/mol. The van der Waals surface area contributed by atoms with Crippen molar-refractivity contribution in [1.29, 1.82) is 0 Å². The van der Waals surface area contributed by atoms with E-state index in [9.17, 15) is 8.42 Å². The molecule has 1 N–H and O–H groups in total. The molecule has 2 heterocycles. The Bertz CT molecular complexity index is 435. The van der Waals surface area contributed by atoms with Crippen molar-refractivity contribution >= 4 is 21.5 Å². The first-order valence-corrected chi connectivity index (χ1v) is 7.19. The normalized spacial score (nSPS) is 16.9. The van der Waals surface area contributed by atoms with Gasteiger partial charge < -0.3 is 0 Å². The molecule has 1 aliphatic rings. The van der Waals surface area contributed by atoms with Crippen LogP contribution < -0.4 is 4.72 Å². The van der Waals surface area contributed by atoms with Gasteiger partial charge in [-0.25, -0.2) is 4.72 Å². The minimum absolute atomic E-state index is 0.486. The average molecular weight is 246 g/mol. The zero-order chi connectivity index (χ0) is 10.9. The molecule has 2 rings (SSSR count). The van der Waals surface area contributed by atoms with E-state index in [0.29, 0.717) is 19.6 Å². The van der Waals surface area contributed by atoms with Crippen LogP contribution in [0.25, 0.3) is 0 Å². The van der Waals surface area contributed by atoms with Gasteiger partial charge in [-0.2, -0.15) is 12.7 Å². The van der Waals surface area contributed by atoms with E-state index in [1.165, 1.54) is 14.7 Å². The van der Waals surface area contributed by atoms with Crippen LogP contribution in [0.2, 0.25) is 0 Å². The summed E-state index contributed by atoms with van der Waals surface area (Å²) in [6, 6.07) is 2.05. The summed E-state index contributed by atoms with van der Waals surface area (Å²) in [6.07, 6.45) is 0.774. The van der Waals surface area contributed by atoms with E-state index in [4.69, 9.17) is 0 Å². The molecule has 0 spiro atoms. The van der Waals surface area contributed by atoms with Gasteiger partial charge in [-0.3, -0.25) is 0 Å². The molecular weight excluding hydrogens is 232 g/mol. The molecule has 0 aromatic carbocycles. The maximum atomic E-state index is 11.4. The fourth-order valence-corrected chi connectivity index (χ4v) is 3.34. The SMILES string of the molecule is Cc1ccsc1CCNS(=O)(=O)N1CC1. The number of rotatable bonds is 5. The second kappa shape index (κ2) is 4.21. The van der Waals surface area contributed by atoms with Crippen molar-refractivity contribution in [2.24, 2.45) is 0 Å². The van der Waals surface area contributed by atoms with E-state index in [1.54, 1.807) is 11.3 Å². The minimum Gasteiger partial charge on any atom is -0.202 e. The van der Waals surface area contributed by atoms with Crippen LogP contribution in [0.1, 0.15) is 10.4 Å². The molecule has 0 bridgehead atoms. The Hall–Kier alpha value is -0.430. The van der Waals surface area contributed by atoms with Crippen LogP contribution in [0.3, 0.4) is 0 Å². The number of nitrogens with zero attached hydrogens (tertiary/aromatic N) is 1. The number of hydrogen-bond donors (Lipinski definition) is 1. The quantitative estimate of drug-likeness (QED) is 0.779. The maximum absolute atomic E-state index is 11.4. The van der Waals surface area contributed by atoms with Gasteiger partial charge in [0.2, 0.25) is 0 Å². The van der Waals surface area contributed by atoms with Crippen molar-refractivity contribution in [3.63, 3.8) is 0 Å². The third-order valence-corrected chi connectivity index (χ3v) is 5.05. The molecule has 1 fully saturated rings. The molecule has 0 amide bonds.